The van der Waals surface area contributed by atoms with Gasteiger partial charge in [0.1, 0.15) is 5.69 Å². The van der Waals surface area contributed by atoms with Gasteiger partial charge in [0, 0.05) is 50.7 Å². The molecule has 0 aliphatic carbocycles. The van der Waals surface area contributed by atoms with Crippen LogP contribution < -0.4 is 5.32 Å². The third kappa shape index (κ3) is 4.59. The summed E-state index contributed by atoms with van der Waals surface area (Å²) in [5.74, 6) is -0.312. The first-order valence-electron chi connectivity index (χ1n) is 8.69. The van der Waals surface area contributed by atoms with Gasteiger partial charge in [0.15, 0.2) is 0 Å². The molecule has 0 unspecified atom stereocenters. The van der Waals surface area contributed by atoms with E-state index in [0.29, 0.717) is 31.9 Å². The molecule has 2 amide bonds. The van der Waals surface area contributed by atoms with Crippen molar-refractivity contribution in [3.63, 3.8) is 0 Å². The van der Waals surface area contributed by atoms with Crippen molar-refractivity contribution in [1.82, 2.24) is 14.8 Å². The first-order chi connectivity index (χ1) is 13.2. The molecule has 0 spiro atoms. The molecular formula is C19H19F3N4O2. The maximum atomic E-state index is 12.8. The van der Waals surface area contributed by atoms with Gasteiger partial charge in [0.25, 0.3) is 5.91 Å². The van der Waals surface area contributed by atoms with E-state index in [-0.39, 0.29) is 23.2 Å². The third-order valence-corrected chi connectivity index (χ3v) is 4.47. The lowest BCUT2D eigenvalue weighted by Crippen LogP contribution is -2.50. The number of pyridine rings is 1. The van der Waals surface area contributed by atoms with Gasteiger partial charge in [-0.3, -0.25) is 14.6 Å². The minimum Gasteiger partial charge on any atom is -0.355 e. The van der Waals surface area contributed by atoms with Gasteiger partial charge in [0.2, 0.25) is 5.91 Å². The molecule has 1 aromatic heterocycles. The molecule has 1 N–H and O–H groups in total. The number of benzene rings is 1. The Morgan fingerprint density at radius 2 is 1.64 bits per heavy atom. The van der Waals surface area contributed by atoms with Crippen molar-refractivity contribution in [2.24, 2.45) is 0 Å². The number of aromatic nitrogens is 1. The van der Waals surface area contributed by atoms with Gasteiger partial charge in [-0.25, -0.2) is 0 Å². The molecule has 2 aromatic rings. The van der Waals surface area contributed by atoms with E-state index in [1.807, 2.05) is 0 Å². The number of halogens is 3. The normalized spacial score (nSPS) is 14.7. The molecule has 9 heteroatoms. The topological polar surface area (TPSA) is 65.5 Å². The van der Waals surface area contributed by atoms with Gasteiger partial charge in [-0.1, -0.05) is 6.07 Å². The number of hydrogen-bond acceptors (Lipinski definition) is 4. The highest BCUT2D eigenvalue weighted by molar-refractivity contribution is 5.93. The number of rotatable bonds is 3. The molecular weight excluding hydrogens is 373 g/mol. The molecule has 148 valence electrons. The zero-order chi connectivity index (χ0) is 20.3. The van der Waals surface area contributed by atoms with Crippen LogP contribution in [-0.4, -0.2) is 52.8 Å². The Hall–Kier alpha value is -3.10. The minimum absolute atomic E-state index is 0.0301. The largest absolute Gasteiger partial charge is 0.416 e. The van der Waals surface area contributed by atoms with Crippen molar-refractivity contribution in [2.75, 3.05) is 31.5 Å². The zero-order valence-electron chi connectivity index (χ0n) is 15.2. The predicted molar refractivity (Wildman–Crippen MR) is 97.1 cm³/mol. The number of carbonyl (C=O) groups excluding carboxylic acids is 2. The Labute approximate surface area is 160 Å². The summed E-state index contributed by atoms with van der Waals surface area (Å²) in [5.41, 5.74) is 0.147. The van der Waals surface area contributed by atoms with E-state index in [2.05, 4.69) is 10.3 Å². The fourth-order valence-corrected chi connectivity index (χ4v) is 2.95. The average Bonchev–Trinajstić information content (AvgIpc) is 2.67. The van der Waals surface area contributed by atoms with Gasteiger partial charge >= 0.3 is 6.18 Å². The van der Waals surface area contributed by atoms with Crippen LogP contribution in [0.1, 0.15) is 23.0 Å². The highest BCUT2D eigenvalue weighted by Gasteiger charge is 2.30. The van der Waals surface area contributed by atoms with Crippen LogP contribution in [0.2, 0.25) is 0 Å². The molecule has 1 saturated heterocycles. The summed E-state index contributed by atoms with van der Waals surface area (Å²) in [7, 11) is 0. The van der Waals surface area contributed by atoms with Crippen LogP contribution in [0.15, 0.2) is 42.6 Å². The second-order valence-electron chi connectivity index (χ2n) is 6.43. The SMILES string of the molecule is CC(=O)N1CCN(C(=O)c2cc(Nc3cccc(C(F)(F)F)c3)ccn2)CC1. The maximum Gasteiger partial charge on any atom is 0.416 e. The summed E-state index contributed by atoms with van der Waals surface area (Å²) >= 11 is 0. The van der Waals surface area contributed by atoms with Crippen LogP contribution >= 0.6 is 0 Å². The first kappa shape index (κ1) is 19.7. The Morgan fingerprint density at radius 3 is 2.29 bits per heavy atom. The van der Waals surface area contributed by atoms with Gasteiger partial charge in [-0.2, -0.15) is 13.2 Å². The van der Waals surface area contributed by atoms with Crippen LogP contribution in [0.3, 0.4) is 0 Å². The molecule has 0 radical (unpaired) electrons. The smallest absolute Gasteiger partial charge is 0.355 e. The van der Waals surface area contributed by atoms with Crippen molar-refractivity contribution in [3.05, 3.63) is 53.9 Å². The number of anilines is 2. The molecule has 6 nitrogen and oxygen atoms in total. The van der Waals surface area contributed by atoms with Crippen molar-refractivity contribution < 1.29 is 22.8 Å². The van der Waals surface area contributed by atoms with Crippen LogP contribution in [0, 0.1) is 0 Å². The maximum absolute atomic E-state index is 12.8. The third-order valence-electron chi connectivity index (χ3n) is 4.47. The molecule has 1 aliphatic rings. The van der Waals surface area contributed by atoms with Gasteiger partial charge in [0.05, 0.1) is 5.56 Å². The van der Waals surface area contributed by atoms with Gasteiger partial charge in [-0.15, -0.1) is 0 Å². The highest BCUT2D eigenvalue weighted by Crippen LogP contribution is 2.31. The summed E-state index contributed by atoms with van der Waals surface area (Å²) < 4.78 is 38.5. The predicted octanol–water partition coefficient (Wildman–Crippen LogP) is 3.15. The van der Waals surface area contributed by atoms with E-state index in [1.165, 1.54) is 31.3 Å². The van der Waals surface area contributed by atoms with Crippen LogP contribution in [0.5, 0.6) is 0 Å². The Kier molecular flexibility index (Phi) is 5.53. The Morgan fingerprint density at radius 1 is 1.00 bits per heavy atom. The molecule has 3 rings (SSSR count). The van der Waals surface area contributed by atoms with E-state index >= 15 is 0 Å². The molecule has 0 saturated carbocycles. The molecule has 2 heterocycles. The summed E-state index contributed by atoms with van der Waals surface area (Å²) in [4.78, 5) is 31.4. The van der Waals surface area contributed by atoms with Gasteiger partial charge < -0.3 is 15.1 Å². The Balaban J connectivity index is 1.71. The summed E-state index contributed by atoms with van der Waals surface area (Å²) in [6.45, 7) is 3.23. The zero-order valence-corrected chi connectivity index (χ0v) is 15.2. The summed E-state index contributed by atoms with van der Waals surface area (Å²) in [6.07, 6.45) is -3.01. The monoisotopic (exact) mass is 392 g/mol. The fourth-order valence-electron chi connectivity index (χ4n) is 2.95. The van der Waals surface area contributed by atoms with E-state index in [0.717, 1.165) is 12.1 Å². The molecule has 1 fully saturated rings. The number of nitrogens with zero attached hydrogens (tertiary/aromatic N) is 3. The van der Waals surface area contributed by atoms with E-state index in [4.69, 9.17) is 0 Å². The minimum atomic E-state index is -4.43. The molecule has 1 aromatic carbocycles. The van der Waals surface area contributed by atoms with E-state index < -0.39 is 11.7 Å². The molecule has 1 aliphatic heterocycles. The van der Waals surface area contributed by atoms with Crippen molar-refractivity contribution in [2.45, 2.75) is 13.1 Å². The highest BCUT2D eigenvalue weighted by atomic mass is 19.4. The van der Waals surface area contributed by atoms with Crippen LogP contribution in [-0.2, 0) is 11.0 Å². The van der Waals surface area contributed by atoms with E-state index in [1.54, 1.807) is 15.9 Å². The number of hydrogen-bond donors (Lipinski definition) is 1. The molecule has 28 heavy (non-hydrogen) atoms. The average molecular weight is 392 g/mol. The summed E-state index contributed by atoms with van der Waals surface area (Å²) in [5, 5.41) is 2.87. The van der Waals surface area contributed by atoms with Crippen molar-refractivity contribution in [3.8, 4) is 0 Å². The number of piperazine rings is 1. The number of alkyl halides is 3. The van der Waals surface area contributed by atoms with Crippen molar-refractivity contribution >= 4 is 23.2 Å². The van der Waals surface area contributed by atoms with E-state index in [9.17, 15) is 22.8 Å². The fraction of sp³-hybridized carbons (Fsp3) is 0.316. The standard InChI is InChI=1S/C19H19F3N4O2/c1-13(27)25-7-9-26(10-8-25)18(28)17-12-16(5-6-23-17)24-15-4-2-3-14(11-15)19(20,21)22/h2-6,11-12H,7-10H2,1H3,(H,23,24). The first-order valence-corrected chi connectivity index (χ1v) is 8.69. The lowest BCUT2D eigenvalue weighted by molar-refractivity contribution is -0.137. The number of nitrogens with one attached hydrogen (secondary N) is 1. The quantitative estimate of drug-likeness (QED) is 0.872. The molecule has 0 atom stereocenters. The molecule has 0 bridgehead atoms. The second kappa shape index (κ2) is 7.87. The van der Waals surface area contributed by atoms with Crippen LogP contribution in [0.4, 0.5) is 24.5 Å². The number of carbonyl (C=O) groups is 2. The summed E-state index contributed by atoms with van der Waals surface area (Å²) in [6, 6.07) is 7.89. The van der Waals surface area contributed by atoms with Crippen molar-refractivity contribution in [1.29, 1.82) is 0 Å². The lowest BCUT2D eigenvalue weighted by atomic mass is 10.2. The Bertz CT molecular complexity index is 877. The second-order valence-corrected chi connectivity index (χ2v) is 6.43. The van der Waals surface area contributed by atoms with Crippen LogP contribution in [0.25, 0.3) is 0 Å². The van der Waals surface area contributed by atoms with Gasteiger partial charge in [-0.05, 0) is 30.3 Å². The lowest BCUT2D eigenvalue weighted by Gasteiger charge is -2.34. The number of amides is 2.